The highest BCUT2D eigenvalue weighted by Crippen LogP contribution is 2.14. The first kappa shape index (κ1) is 17.0. The molecule has 0 atom stereocenters. The van der Waals surface area contributed by atoms with Crippen LogP contribution in [0, 0.1) is 5.82 Å². The van der Waals surface area contributed by atoms with E-state index in [4.69, 9.17) is 11.6 Å². The van der Waals surface area contributed by atoms with Gasteiger partial charge < -0.3 is 10.6 Å². The van der Waals surface area contributed by atoms with Crippen LogP contribution in [0.15, 0.2) is 48.5 Å². The van der Waals surface area contributed by atoms with Crippen LogP contribution >= 0.6 is 11.6 Å². The van der Waals surface area contributed by atoms with Crippen LogP contribution in [0.25, 0.3) is 0 Å². The van der Waals surface area contributed by atoms with E-state index in [1.165, 1.54) is 24.3 Å². The fraction of sp³-hybridized carbons (Fsp3) is 0.176. The monoisotopic (exact) mass is 334 g/mol. The molecule has 0 saturated heterocycles. The molecule has 0 saturated carbocycles. The van der Waals surface area contributed by atoms with Gasteiger partial charge in [0.15, 0.2) is 0 Å². The minimum Gasteiger partial charge on any atom is -0.350 e. The molecule has 6 heteroatoms. The third-order valence-electron chi connectivity index (χ3n) is 3.16. The lowest BCUT2D eigenvalue weighted by Crippen LogP contribution is -2.37. The molecule has 0 aliphatic heterocycles. The Morgan fingerprint density at radius 1 is 0.957 bits per heavy atom. The third-order valence-corrected chi connectivity index (χ3v) is 3.53. The summed E-state index contributed by atoms with van der Waals surface area (Å²) in [6.07, 6.45) is 0.0953. The van der Waals surface area contributed by atoms with Crippen LogP contribution in [-0.2, 0) is 22.6 Å². The van der Waals surface area contributed by atoms with Crippen LogP contribution in [0.1, 0.15) is 11.1 Å². The third kappa shape index (κ3) is 5.71. The summed E-state index contributed by atoms with van der Waals surface area (Å²) < 4.78 is 12.8. The van der Waals surface area contributed by atoms with Gasteiger partial charge in [-0.1, -0.05) is 41.9 Å². The normalized spacial score (nSPS) is 10.2. The molecule has 2 rings (SSSR count). The van der Waals surface area contributed by atoms with Crippen LogP contribution in [-0.4, -0.2) is 18.4 Å². The van der Waals surface area contributed by atoms with E-state index in [0.29, 0.717) is 17.1 Å². The van der Waals surface area contributed by atoms with E-state index in [0.717, 1.165) is 5.56 Å². The van der Waals surface area contributed by atoms with Gasteiger partial charge in [0.05, 0.1) is 13.0 Å². The summed E-state index contributed by atoms with van der Waals surface area (Å²) in [5.41, 5.74) is 1.49. The molecule has 0 radical (unpaired) electrons. The Balaban J connectivity index is 1.72. The maximum atomic E-state index is 12.8. The second-order valence-electron chi connectivity index (χ2n) is 4.95. The standard InChI is InChI=1S/C17H16ClFN2O2/c18-15-4-2-1-3-13(15)10-20-17(23)11-21-16(22)9-12-5-7-14(19)8-6-12/h1-8H,9-11H2,(H,20,23)(H,21,22). The van der Waals surface area contributed by atoms with Crippen LogP contribution in [0.2, 0.25) is 5.02 Å². The molecule has 120 valence electrons. The average molecular weight is 335 g/mol. The second kappa shape index (κ2) is 8.29. The summed E-state index contributed by atoms with van der Waals surface area (Å²) >= 11 is 5.99. The summed E-state index contributed by atoms with van der Waals surface area (Å²) in [7, 11) is 0. The molecular weight excluding hydrogens is 319 g/mol. The van der Waals surface area contributed by atoms with Crippen molar-refractivity contribution in [1.82, 2.24) is 10.6 Å². The number of benzene rings is 2. The van der Waals surface area contributed by atoms with Gasteiger partial charge in [-0.25, -0.2) is 4.39 Å². The minimum atomic E-state index is -0.354. The number of amides is 2. The number of carbonyl (C=O) groups is 2. The highest BCUT2D eigenvalue weighted by Gasteiger charge is 2.07. The summed E-state index contributed by atoms with van der Waals surface area (Å²) in [6.45, 7) is 0.177. The van der Waals surface area contributed by atoms with Gasteiger partial charge in [-0.05, 0) is 29.3 Å². The van der Waals surface area contributed by atoms with Gasteiger partial charge in [-0.2, -0.15) is 0 Å². The first-order chi connectivity index (χ1) is 11.0. The van der Waals surface area contributed by atoms with Crippen LogP contribution in [0.3, 0.4) is 0 Å². The maximum Gasteiger partial charge on any atom is 0.239 e. The van der Waals surface area contributed by atoms with Crippen molar-refractivity contribution >= 4 is 23.4 Å². The zero-order valence-electron chi connectivity index (χ0n) is 12.3. The van der Waals surface area contributed by atoms with E-state index >= 15 is 0 Å². The molecule has 0 bridgehead atoms. The number of rotatable bonds is 6. The van der Waals surface area contributed by atoms with Crippen molar-refractivity contribution < 1.29 is 14.0 Å². The van der Waals surface area contributed by atoms with Crippen LogP contribution in [0.5, 0.6) is 0 Å². The van der Waals surface area contributed by atoms with Gasteiger partial charge in [0.25, 0.3) is 0 Å². The lowest BCUT2D eigenvalue weighted by atomic mass is 10.1. The first-order valence-corrected chi connectivity index (χ1v) is 7.43. The Morgan fingerprint density at radius 2 is 1.65 bits per heavy atom. The van der Waals surface area contributed by atoms with Crippen molar-refractivity contribution in [3.8, 4) is 0 Å². The second-order valence-corrected chi connectivity index (χ2v) is 5.36. The molecule has 0 heterocycles. The predicted molar refractivity (Wildman–Crippen MR) is 86.4 cm³/mol. The van der Waals surface area contributed by atoms with Gasteiger partial charge in [-0.3, -0.25) is 9.59 Å². The van der Waals surface area contributed by atoms with Gasteiger partial charge in [0.2, 0.25) is 11.8 Å². The highest BCUT2D eigenvalue weighted by molar-refractivity contribution is 6.31. The number of hydrogen-bond donors (Lipinski definition) is 2. The van der Waals surface area contributed by atoms with Crippen molar-refractivity contribution in [2.24, 2.45) is 0 Å². The Kier molecular flexibility index (Phi) is 6.11. The number of carbonyl (C=O) groups excluding carboxylic acids is 2. The fourth-order valence-electron chi connectivity index (χ4n) is 1.93. The fourth-order valence-corrected chi connectivity index (χ4v) is 2.13. The Hall–Kier alpha value is -2.40. The molecule has 2 amide bonds. The van der Waals surface area contributed by atoms with Crippen molar-refractivity contribution in [3.05, 3.63) is 70.5 Å². The molecule has 2 N–H and O–H groups in total. The Bertz CT molecular complexity index is 689. The molecule has 4 nitrogen and oxygen atoms in total. The lowest BCUT2D eigenvalue weighted by Gasteiger charge is -2.08. The summed E-state index contributed by atoms with van der Waals surface area (Å²) in [5.74, 6) is -0.963. The molecule has 2 aromatic rings. The first-order valence-electron chi connectivity index (χ1n) is 7.06. The zero-order valence-corrected chi connectivity index (χ0v) is 13.1. The van der Waals surface area contributed by atoms with Gasteiger partial charge in [-0.15, -0.1) is 0 Å². The summed E-state index contributed by atoms with van der Waals surface area (Å²) in [5, 5.41) is 5.77. The Labute approximate surface area is 138 Å². The SMILES string of the molecule is O=C(CNC(=O)Cc1ccc(F)cc1)NCc1ccccc1Cl. The minimum absolute atomic E-state index is 0.0953. The van der Waals surface area contributed by atoms with Crippen LogP contribution < -0.4 is 10.6 Å². The van der Waals surface area contributed by atoms with E-state index in [2.05, 4.69) is 10.6 Å². The van der Waals surface area contributed by atoms with E-state index in [-0.39, 0.29) is 30.6 Å². The van der Waals surface area contributed by atoms with Gasteiger partial charge in [0, 0.05) is 11.6 Å². The van der Waals surface area contributed by atoms with E-state index in [1.807, 2.05) is 18.2 Å². The summed E-state index contributed by atoms with van der Waals surface area (Å²) in [4.78, 5) is 23.4. The molecule has 0 aromatic heterocycles. The molecule has 0 spiro atoms. The van der Waals surface area contributed by atoms with E-state index in [1.54, 1.807) is 6.07 Å². The summed E-state index contributed by atoms with van der Waals surface area (Å²) in [6, 6.07) is 12.8. The van der Waals surface area contributed by atoms with Crippen molar-refractivity contribution in [2.75, 3.05) is 6.54 Å². The predicted octanol–water partition coefficient (Wildman–Crippen LogP) is 2.45. The van der Waals surface area contributed by atoms with Gasteiger partial charge in [0.1, 0.15) is 5.82 Å². The molecule has 23 heavy (non-hydrogen) atoms. The maximum absolute atomic E-state index is 12.8. The van der Waals surface area contributed by atoms with Crippen LogP contribution in [0.4, 0.5) is 4.39 Å². The van der Waals surface area contributed by atoms with Crippen molar-refractivity contribution in [2.45, 2.75) is 13.0 Å². The molecule has 0 aliphatic carbocycles. The van der Waals surface area contributed by atoms with Gasteiger partial charge >= 0.3 is 0 Å². The molecule has 0 fully saturated rings. The Morgan fingerprint density at radius 3 is 2.35 bits per heavy atom. The highest BCUT2D eigenvalue weighted by atomic mass is 35.5. The molecule has 0 aliphatic rings. The average Bonchev–Trinajstić information content (AvgIpc) is 2.54. The van der Waals surface area contributed by atoms with E-state index in [9.17, 15) is 14.0 Å². The van der Waals surface area contributed by atoms with E-state index < -0.39 is 0 Å². The molecule has 2 aromatic carbocycles. The molecular formula is C17H16ClFN2O2. The topological polar surface area (TPSA) is 58.2 Å². The van der Waals surface area contributed by atoms with Crippen molar-refractivity contribution in [1.29, 1.82) is 0 Å². The largest absolute Gasteiger partial charge is 0.350 e. The quantitative estimate of drug-likeness (QED) is 0.852. The lowest BCUT2D eigenvalue weighted by molar-refractivity contribution is -0.125. The van der Waals surface area contributed by atoms with Crippen molar-refractivity contribution in [3.63, 3.8) is 0 Å². The molecule has 0 unspecified atom stereocenters. The number of nitrogens with one attached hydrogen (secondary N) is 2. The smallest absolute Gasteiger partial charge is 0.239 e. The number of halogens is 2. The number of hydrogen-bond acceptors (Lipinski definition) is 2. The zero-order chi connectivity index (χ0) is 16.7.